The monoisotopic (exact) mass is 542 g/mol. The molecule has 31 heavy (non-hydrogen) atoms. The van der Waals surface area contributed by atoms with E-state index in [4.69, 9.17) is 0 Å². The van der Waals surface area contributed by atoms with E-state index in [2.05, 4.69) is 69.2 Å². The van der Waals surface area contributed by atoms with Crippen LogP contribution in [-0.2, 0) is 23.2 Å². The molecule has 0 nitrogen and oxygen atoms in total. The molecular weight excluding hydrogens is 498 g/mol. The van der Waals surface area contributed by atoms with Gasteiger partial charge < -0.3 is 24.8 Å². The van der Waals surface area contributed by atoms with Crippen LogP contribution in [-0.4, -0.2) is 0 Å². The summed E-state index contributed by atoms with van der Waals surface area (Å²) in [5, 5.41) is 0. The molecule has 0 aromatic rings. The Labute approximate surface area is 218 Å². The number of allylic oxidation sites excluding steroid dienone is 8. The molecule has 0 radical (unpaired) electrons. The zero-order valence-electron chi connectivity index (χ0n) is 21.9. The van der Waals surface area contributed by atoms with Crippen molar-refractivity contribution < 1.29 is 48.0 Å². The van der Waals surface area contributed by atoms with Crippen molar-refractivity contribution in [3.63, 3.8) is 0 Å². The van der Waals surface area contributed by atoms with Crippen LogP contribution in [0.25, 0.3) is 0 Å². The second kappa shape index (κ2) is 12.8. The summed E-state index contributed by atoms with van der Waals surface area (Å²) in [6.07, 6.45) is 10.3. The number of hydrogen-bond acceptors (Lipinski definition) is 0. The van der Waals surface area contributed by atoms with Crippen molar-refractivity contribution in [2.24, 2.45) is 10.8 Å². The standard InChI is InChI=1S/2C14H23.2ClH.Zr/c2*1-6-10-14(5,7-2)13-9-8-11(3)12(13)4;;;/h2*6-8,10H2,1-5H3;2*1H;/q;;;;+2/p-2. The van der Waals surface area contributed by atoms with Crippen LogP contribution < -0.4 is 24.8 Å². The molecule has 2 atom stereocenters. The summed E-state index contributed by atoms with van der Waals surface area (Å²) >= 11 is -0.752. The van der Waals surface area contributed by atoms with Crippen molar-refractivity contribution in [1.29, 1.82) is 0 Å². The zero-order chi connectivity index (χ0) is 22.0. The van der Waals surface area contributed by atoms with Gasteiger partial charge in [0, 0.05) is 0 Å². The Morgan fingerprint density at radius 1 is 0.645 bits per heavy atom. The molecule has 0 saturated carbocycles. The quantitative estimate of drug-likeness (QED) is 0.395. The topological polar surface area (TPSA) is 0 Å². The van der Waals surface area contributed by atoms with Crippen LogP contribution in [0.5, 0.6) is 0 Å². The molecule has 2 aliphatic rings. The number of halogens is 2. The third kappa shape index (κ3) is 6.31. The van der Waals surface area contributed by atoms with Gasteiger partial charge in [0.1, 0.15) is 0 Å². The Hall–Kier alpha value is 0.423. The average molecular weight is 545 g/mol. The van der Waals surface area contributed by atoms with Crippen LogP contribution in [0.4, 0.5) is 0 Å². The van der Waals surface area contributed by atoms with E-state index in [1.54, 1.807) is 33.4 Å². The number of hydrogen-bond donors (Lipinski definition) is 0. The third-order valence-corrected chi connectivity index (χ3v) is 11.8. The summed E-state index contributed by atoms with van der Waals surface area (Å²) in [4.78, 5) is 0. The first-order valence-electron chi connectivity index (χ1n) is 12.2. The molecule has 0 saturated heterocycles. The molecule has 0 aromatic carbocycles. The Morgan fingerprint density at radius 3 is 1.23 bits per heavy atom. The molecule has 0 spiro atoms. The molecule has 0 heterocycles. The van der Waals surface area contributed by atoms with Crippen LogP contribution in [0.15, 0.2) is 40.0 Å². The first kappa shape index (κ1) is 31.4. The molecule has 3 heteroatoms. The van der Waals surface area contributed by atoms with Gasteiger partial charge in [-0.2, -0.15) is 0 Å². The molecule has 0 bridgehead atoms. The Kier molecular flexibility index (Phi) is 12.9. The summed E-state index contributed by atoms with van der Waals surface area (Å²) in [6, 6.07) is 0. The normalized spacial score (nSPS) is 20.5. The molecule has 2 aliphatic carbocycles. The van der Waals surface area contributed by atoms with Crippen molar-refractivity contribution in [2.75, 3.05) is 0 Å². The Bertz CT molecular complexity index is 704. The minimum Gasteiger partial charge on any atom is -1.00 e. The minimum atomic E-state index is -0.752. The van der Waals surface area contributed by atoms with Crippen molar-refractivity contribution in [1.82, 2.24) is 0 Å². The SMILES string of the molecule is CCCC(C)(CC)C1=[C]([Zr+2][C]2=C(C(C)(CC)CCC)C(C)=C(C)C2)CC(C)=C1C.[Cl-].[Cl-]. The summed E-state index contributed by atoms with van der Waals surface area (Å²) in [6.45, 7) is 24.3. The number of rotatable bonds is 10. The van der Waals surface area contributed by atoms with Gasteiger partial charge in [0.15, 0.2) is 0 Å². The summed E-state index contributed by atoms with van der Waals surface area (Å²) in [5.74, 6) is 0. The Balaban J connectivity index is 0.00000450. The molecule has 0 amide bonds. The molecule has 0 N–H and O–H groups in total. The summed E-state index contributed by atoms with van der Waals surface area (Å²) < 4.78 is 3.82. The van der Waals surface area contributed by atoms with Crippen LogP contribution in [0.2, 0.25) is 0 Å². The van der Waals surface area contributed by atoms with Gasteiger partial charge in [0.25, 0.3) is 0 Å². The summed E-state index contributed by atoms with van der Waals surface area (Å²) in [7, 11) is 0. The van der Waals surface area contributed by atoms with Crippen LogP contribution in [0, 0.1) is 10.8 Å². The molecule has 0 aliphatic heterocycles. The van der Waals surface area contributed by atoms with E-state index in [0.717, 1.165) is 0 Å². The fourth-order valence-corrected chi connectivity index (χ4v) is 11.6. The van der Waals surface area contributed by atoms with E-state index in [1.807, 2.05) is 6.56 Å². The minimum absolute atomic E-state index is 0. The van der Waals surface area contributed by atoms with Gasteiger partial charge in [-0.05, 0) is 0 Å². The van der Waals surface area contributed by atoms with Crippen molar-refractivity contribution in [2.45, 2.75) is 121 Å². The van der Waals surface area contributed by atoms with Gasteiger partial charge in [0.2, 0.25) is 0 Å². The molecule has 2 rings (SSSR count). The van der Waals surface area contributed by atoms with Crippen LogP contribution in [0.1, 0.15) is 121 Å². The predicted molar refractivity (Wildman–Crippen MR) is 127 cm³/mol. The zero-order valence-corrected chi connectivity index (χ0v) is 25.9. The van der Waals surface area contributed by atoms with Gasteiger partial charge in [-0.3, -0.25) is 0 Å². The summed E-state index contributed by atoms with van der Waals surface area (Å²) in [5.41, 5.74) is 10.9. The fraction of sp³-hybridized carbons (Fsp3) is 0.714. The maximum Gasteiger partial charge on any atom is -1.00 e. The second-order valence-corrected chi connectivity index (χ2v) is 13.9. The van der Waals surface area contributed by atoms with Gasteiger partial charge in [-0.25, -0.2) is 0 Å². The van der Waals surface area contributed by atoms with Crippen LogP contribution in [0.3, 0.4) is 0 Å². The van der Waals surface area contributed by atoms with E-state index in [-0.39, 0.29) is 24.8 Å². The smallest absolute Gasteiger partial charge is 1.00 e. The van der Waals surface area contributed by atoms with Gasteiger partial charge in [-0.1, -0.05) is 0 Å². The maximum absolute atomic E-state index is 2.55. The first-order chi connectivity index (χ1) is 13.6. The largest absolute Gasteiger partial charge is 1.00 e. The third-order valence-electron chi connectivity index (χ3n) is 8.19. The van der Waals surface area contributed by atoms with Crippen molar-refractivity contribution in [3.05, 3.63) is 40.0 Å². The molecule has 2 unspecified atom stereocenters. The second-order valence-electron chi connectivity index (χ2n) is 10.3. The molecular formula is C28H46Cl2Zr. The Morgan fingerprint density at radius 2 is 0.968 bits per heavy atom. The fourth-order valence-electron chi connectivity index (χ4n) is 5.94. The van der Waals surface area contributed by atoms with Crippen LogP contribution >= 0.6 is 0 Å². The van der Waals surface area contributed by atoms with Gasteiger partial charge >= 0.3 is 195 Å². The first-order valence-corrected chi connectivity index (χ1v) is 14.6. The van der Waals surface area contributed by atoms with Crippen molar-refractivity contribution >= 4 is 0 Å². The van der Waals surface area contributed by atoms with Gasteiger partial charge in [-0.15, -0.1) is 0 Å². The van der Waals surface area contributed by atoms with E-state index in [1.165, 1.54) is 51.4 Å². The van der Waals surface area contributed by atoms with E-state index in [0.29, 0.717) is 10.8 Å². The van der Waals surface area contributed by atoms with Crippen molar-refractivity contribution in [3.8, 4) is 0 Å². The predicted octanol–water partition coefficient (Wildman–Crippen LogP) is 3.50. The van der Waals surface area contributed by atoms with Gasteiger partial charge in [0.05, 0.1) is 0 Å². The van der Waals surface area contributed by atoms with E-state index >= 15 is 0 Å². The van der Waals surface area contributed by atoms with E-state index in [9.17, 15) is 0 Å². The molecule has 0 aromatic heterocycles. The molecule has 176 valence electrons. The van der Waals surface area contributed by atoms with E-state index < -0.39 is 23.2 Å². The molecule has 0 fully saturated rings. The average Bonchev–Trinajstić information content (AvgIpc) is 3.11. The maximum atomic E-state index is 2.55.